The monoisotopic (exact) mass is 273 g/mol. The molecule has 1 saturated carbocycles. The van der Waals surface area contributed by atoms with Crippen LogP contribution in [0.3, 0.4) is 0 Å². The van der Waals surface area contributed by atoms with E-state index in [2.05, 4.69) is 51.2 Å². The third kappa shape index (κ3) is 4.09. The lowest BCUT2D eigenvalue weighted by molar-refractivity contribution is 0.266. The minimum Gasteiger partial charge on any atom is -0.307 e. The average molecular weight is 273 g/mol. The van der Waals surface area contributed by atoms with Crippen molar-refractivity contribution < 1.29 is 0 Å². The average Bonchev–Trinajstić information content (AvgIpc) is 2.41. The SMILES string of the molecule is CCCC1CCC(NC(C)c2ccc(C)cc2C)CC1. The van der Waals surface area contributed by atoms with E-state index < -0.39 is 0 Å². The van der Waals surface area contributed by atoms with Crippen LogP contribution in [-0.4, -0.2) is 6.04 Å². The smallest absolute Gasteiger partial charge is 0.0296 e. The summed E-state index contributed by atoms with van der Waals surface area (Å²) in [5, 5.41) is 3.86. The molecule has 0 saturated heterocycles. The van der Waals surface area contributed by atoms with Crippen molar-refractivity contribution in [2.24, 2.45) is 5.92 Å². The number of benzene rings is 1. The van der Waals surface area contributed by atoms with Crippen molar-refractivity contribution in [2.45, 2.75) is 78.3 Å². The van der Waals surface area contributed by atoms with Crippen LogP contribution in [0.4, 0.5) is 0 Å². The lowest BCUT2D eigenvalue weighted by Crippen LogP contribution is -2.35. The van der Waals surface area contributed by atoms with Crippen LogP contribution in [0.15, 0.2) is 18.2 Å². The van der Waals surface area contributed by atoms with Crippen LogP contribution in [0, 0.1) is 19.8 Å². The summed E-state index contributed by atoms with van der Waals surface area (Å²) >= 11 is 0. The maximum Gasteiger partial charge on any atom is 0.0296 e. The Morgan fingerprint density at radius 1 is 1.15 bits per heavy atom. The maximum absolute atomic E-state index is 3.86. The van der Waals surface area contributed by atoms with Crippen LogP contribution in [0.5, 0.6) is 0 Å². The minimum atomic E-state index is 0.475. The zero-order valence-electron chi connectivity index (χ0n) is 13.7. The van der Waals surface area contributed by atoms with Gasteiger partial charge >= 0.3 is 0 Å². The second-order valence-electron chi connectivity index (χ2n) is 6.75. The van der Waals surface area contributed by atoms with Crippen LogP contribution >= 0.6 is 0 Å². The third-order valence-electron chi connectivity index (χ3n) is 4.92. The van der Waals surface area contributed by atoms with Gasteiger partial charge in [0, 0.05) is 12.1 Å². The largest absolute Gasteiger partial charge is 0.307 e. The molecular formula is C19H31N. The van der Waals surface area contributed by atoms with Gasteiger partial charge in [0.25, 0.3) is 0 Å². The van der Waals surface area contributed by atoms with Gasteiger partial charge in [-0.25, -0.2) is 0 Å². The zero-order chi connectivity index (χ0) is 14.5. The van der Waals surface area contributed by atoms with Crippen molar-refractivity contribution in [3.63, 3.8) is 0 Å². The maximum atomic E-state index is 3.86. The van der Waals surface area contributed by atoms with Crippen LogP contribution < -0.4 is 5.32 Å². The van der Waals surface area contributed by atoms with Gasteiger partial charge in [-0.3, -0.25) is 0 Å². The number of hydrogen-bond acceptors (Lipinski definition) is 1. The van der Waals surface area contributed by atoms with Crippen molar-refractivity contribution in [1.29, 1.82) is 0 Å². The van der Waals surface area contributed by atoms with E-state index in [0.717, 1.165) is 12.0 Å². The minimum absolute atomic E-state index is 0.475. The number of nitrogens with one attached hydrogen (secondary N) is 1. The highest BCUT2D eigenvalue weighted by atomic mass is 14.9. The molecule has 1 atom stereocenters. The summed E-state index contributed by atoms with van der Waals surface area (Å²) < 4.78 is 0. The van der Waals surface area contributed by atoms with E-state index in [1.807, 2.05) is 0 Å². The number of aryl methyl sites for hydroxylation is 2. The summed E-state index contributed by atoms with van der Waals surface area (Å²) in [4.78, 5) is 0. The second kappa shape index (κ2) is 7.26. The van der Waals surface area contributed by atoms with Crippen molar-refractivity contribution >= 4 is 0 Å². The standard InChI is InChI=1S/C19H31N/c1-5-6-17-8-10-18(11-9-17)20-16(4)19-12-7-14(2)13-15(19)3/h7,12-13,16-18,20H,5-6,8-11H2,1-4H3. The number of hydrogen-bond donors (Lipinski definition) is 1. The quantitative estimate of drug-likeness (QED) is 0.766. The van der Waals surface area contributed by atoms with Gasteiger partial charge in [0.1, 0.15) is 0 Å². The molecule has 2 rings (SSSR count). The van der Waals surface area contributed by atoms with Gasteiger partial charge in [-0.1, -0.05) is 43.5 Å². The molecule has 1 aliphatic carbocycles. The fourth-order valence-corrected chi connectivity index (χ4v) is 3.78. The van der Waals surface area contributed by atoms with E-state index in [0.29, 0.717) is 6.04 Å². The first-order chi connectivity index (χ1) is 9.60. The molecule has 1 nitrogen and oxygen atoms in total. The highest BCUT2D eigenvalue weighted by Gasteiger charge is 2.22. The predicted octanol–water partition coefficient (Wildman–Crippen LogP) is 5.31. The highest BCUT2D eigenvalue weighted by Crippen LogP contribution is 2.29. The first-order valence-corrected chi connectivity index (χ1v) is 8.43. The van der Waals surface area contributed by atoms with Gasteiger partial charge in [0.05, 0.1) is 0 Å². The zero-order valence-corrected chi connectivity index (χ0v) is 13.7. The first-order valence-electron chi connectivity index (χ1n) is 8.43. The molecule has 1 unspecified atom stereocenters. The Balaban J connectivity index is 1.87. The lowest BCUT2D eigenvalue weighted by Gasteiger charge is -2.31. The Hall–Kier alpha value is -0.820. The fraction of sp³-hybridized carbons (Fsp3) is 0.684. The molecule has 1 aromatic rings. The van der Waals surface area contributed by atoms with E-state index in [1.54, 1.807) is 0 Å². The summed E-state index contributed by atoms with van der Waals surface area (Å²) in [7, 11) is 0. The summed E-state index contributed by atoms with van der Waals surface area (Å²) in [5.74, 6) is 0.995. The molecule has 0 spiro atoms. The Morgan fingerprint density at radius 3 is 2.45 bits per heavy atom. The van der Waals surface area contributed by atoms with Crippen LogP contribution in [0.2, 0.25) is 0 Å². The Bertz CT molecular complexity index is 416. The molecule has 0 aliphatic heterocycles. The molecule has 1 heteroatoms. The summed E-state index contributed by atoms with van der Waals surface area (Å²) in [6.07, 6.45) is 8.34. The summed E-state index contributed by atoms with van der Waals surface area (Å²) in [6, 6.07) is 8.03. The van der Waals surface area contributed by atoms with E-state index >= 15 is 0 Å². The molecule has 1 aliphatic rings. The van der Waals surface area contributed by atoms with Gasteiger partial charge in [-0.2, -0.15) is 0 Å². The molecule has 20 heavy (non-hydrogen) atoms. The molecular weight excluding hydrogens is 242 g/mol. The Labute approximate surface area is 125 Å². The van der Waals surface area contributed by atoms with E-state index in [9.17, 15) is 0 Å². The van der Waals surface area contributed by atoms with Crippen LogP contribution in [-0.2, 0) is 0 Å². The first kappa shape index (κ1) is 15.6. The van der Waals surface area contributed by atoms with Gasteiger partial charge in [-0.05, 0) is 63.5 Å². The molecule has 112 valence electrons. The van der Waals surface area contributed by atoms with Gasteiger partial charge in [0.2, 0.25) is 0 Å². The molecule has 0 radical (unpaired) electrons. The van der Waals surface area contributed by atoms with E-state index in [4.69, 9.17) is 0 Å². The third-order valence-corrected chi connectivity index (χ3v) is 4.92. The van der Waals surface area contributed by atoms with Crippen molar-refractivity contribution in [1.82, 2.24) is 5.32 Å². The van der Waals surface area contributed by atoms with E-state index in [1.165, 1.54) is 55.2 Å². The molecule has 1 aromatic carbocycles. The van der Waals surface area contributed by atoms with Crippen LogP contribution in [0.25, 0.3) is 0 Å². The van der Waals surface area contributed by atoms with Gasteiger partial charge in [0.15, 0.2) is 0 Å². The lowest BCUT2D eigenvalue weighted by atomic mass is 9.83. The summed E-state index contributed by atoms with van der Waals surface area (Å²) in [6.45, 7) is 9.03. The van der Waals surface area contributed by atoms with Crippen molar-refractivity contribution in [3.8, 4) is 0 Å². The molecule has 0 bridgehead atoms. The molecule has 1 fully saturated rings. The topological polar surface area (TPSA) is 12.0 Å². The Morgan fingerprint density at radius 2 is 1.85 bits per heavy atom. The molecule has 0 aromatic heterocycles. The van der Waals surface area contributed by atoms with Crippen molar-refractivity contribution in [3.05, 3.63) is 34.9 Å². The molecule has 0 heterocycles. The van der Waals surface area contributed by atoms with E-state index in [-0.39, 0.29) is 0 Å². The van der Waals surface area contributed by atoms with Gasteiger partial charge < -0.3 is 5.32 Å². The molecule has 0 amide bonds. The predicted molar refractivity (Wildman–Crippen MR) is 88.1 cm³/mol. The fourth-order valence-electron chi connectivity index (χ4n) is 3.78. The second-order valence-corrected chi connectivity index (χ2v) is 6.75. The van der Waals surface area contributed by atoms with Crippen LogP contribution in [0.1, 0.15) is 75.1 Å². The van der Waals surface area contributed by atoms with Crippen molar-refractivity contribution in [2.75, 3.05) is 0 Å². The normalized spacial score (nSPS) is 24.6. The highest BCUT2D eigenvalue weighted by molar-refractivity contribution is 5.32. The number of rotatable bonds is 5. The molecule has 1 N–H and O–H groups in total. The Kier molecular flexibility index (Phi) is 5.65. The van der Waals surface area contributed by atoms with Gasteiger partial charge in [-0.15, -0.1) is 0 Å². The summed E-state index contributed by atoms with van der Waals surface area (Å²) in [5.41, 5.74) is 4.24.